The third-order valence-electron chi connectivity index (χ3n) is 5.50. The molecular formula is C29H26O5. The van der Waals surface area contributed by atoms with Crippen molar-refractivity contribution >= 4 is 17.8 Å². The van der Waals surface area contributed by atoms with E-state index in [2.05, 4.69) is 20.8 Å². The summed E-state index contributed by atoms with van der Waals surface area (Å²) in [7, 11) is 1.61. The summed E-state index contributed by atoms with van der Waals surface area (Å²) >= 11 is 0. The Bertz CT molecular complexity index is 1290. The summed E-state index contributed by atoms with van der Waals surface area (Å²) in [4.78, 5) is 25.2. The van der Waals surface area contributed by atoms with Crippen molar-refractivity contribution in [3.8, 4) is 17.2 Å². The molecular weight excluding hydrogens is 428 g/mol. The van der Waals surface area contributed by atoms with Crippen LogP contribution in [0.15, 0.2) is 84.6 Å². The lowest BCUT2D eigenvalue weighted by Crippen LogP contribution is -2.12. The molecule has 3 aromatic carbocycles. The third kappa shape index (κ3) is 4.94. The first-order valence-corrected chi connectivity index (χ1v) is 11.0. The third-order valence-corrected chi connectivity index (χ3v) is 5.50. The normalized spacial score (nSPS) is 14.2. The summed E-state index contributed by atoms with van der Waals surface area (Å²) in [6.07, 6.45) is 5.18. The summed E-state index contributed by atoms with van der Waals surface area (Å²) in [5.41, 5.74) is 2.89. The van der Waals surface area contributed by atoms with E-state index in [1.54, 1.807) is 49.6 Å². The lowest BCUT2D eigenvalue weighted by Gasteiger charge is -2.18. The Hall–Kier alpha value is -4.12. The van der Waals surface area contributed by atoms with Gasteiger partial charge in [0.15, 0.2) is 5.76 Å². The van der Waals surface area contributed by atoms with Crippen molar-refractivity contribution in [3.05, 3.63) is 107 Å². The molecule has 5 nitrogen and oxygen atoms in total. The predicted octanol–water partition coefficient (Wildman–Crippen LogP) is 6.38. The van der Waals surface area contributed by atoms with Gasteiger partial charge in [0, 0.05) is 11.6 Å². The van der Waals surface area contributed by atoms with Crippen LogP contribution in [0.2, 0.25) is 0 Å². The van der Waals surface area contributed by atoms with Crippen LogP contribution in [0, 0.1) is 0 Å². The summed E-state index contributed by atoms with van der Waals surface area (Å²) in [5, 5.41) is 0. The molecule has 5 heteroatoms. The topological polar surface area (TPSA) is 61.8 Å². The average molecular weight is 455 g/mol. The van der Waals surface area contributed by atoms with Crippen molar-refractivity contribution in [1.82, 2.24) is 0 Å². The fourth-order valence-corrected chi connectivity index (χ4v) is 3.56. The van der Waals surface area contributed by atoms with E-state index in [-0.39, 0.29) is 17.0 Å². The molecule has 34 heavy (non-hydrogen) atoms. The van der Waals surface area contributed by atoms with Gasteiger partial charge in [0.05, 0.1) is 18.2 Å². The van der Waals surface area contributed by atoms with Crippen molar-refractivity contribution in [2.75, 3.05) is 7.11 Å². The first-order chi connectivity index (χ1) is 16.3. The molecule has 0 aromatic heterocycles. The molecule has 0 spiro atoms. The molecule has 3 aromatic rings. The van der Waals surface area contributed by atoms with Crippen LogP contribution >= 0.6 is 0 Å². The summed E-state index contributed by atoms with van der Waals surface area (Å²) in [6, 6.07) is 19.7. The largest absolute Gasteiger partial charge is 0.496 e. The number of carbonyl (C=O) groups is 2. The number of carbonyl (C=O) groups excluding carboxylic acids is 2. The van der Waals surface area contributed by atoms with E-state index in [9.17, 15) is 9.59 Å². The monoisotopic (exact) mass is 454 g/mol. The zero-order chi connectivity index (χ0) is 24.3. The molecule has 4 rings (SSSR count). The van der Waals surface area contributed by atoms with Crippen molar-refractivity contribution < 1.29 is 23.8 Å². The number of rotatable bonds is 5. The van der Waals surface area contributed by atoms with Gasteiger partial charge in [-0.3, -0.25) is 4.79 Å². The van der Waals surface area contributed by atoms with Crippen LogP contribution in [0.5, 0.6) is 17.2 Å². The Kier molecular flexibility index (Phi) is 6.37. The lowest BCUT2D eigenvalue weighted by molar-refractivity contribution is 0.0734. The molecule has 0 amide bonds. The standard InChI is InChI=1S/C29H26O5/c1-29(2,3)21-14-12-20(13-15-21)28(31)33-22-16-17-23-26(18-22)34-25(27(23)30)11-7-9-19-8-5-6-10-24(19)32-4/h5-18H,1-4H3/b9-7+,25-11-. The number of allylic oxidation sites excluding steroid dienone is 3. The maximum atomic E-state index is 12.7. The first-order valence-electron chi connectivity index (χ1n) is 11.0. The number of para-hydroxylation sites is 1. The van der Waals surface area contributed by atoms with E-state index < -0.39 is 5.97 Å². The second-order valence-corrected chi connectivity index (χ2v) is 8.94. The second kappa shape index (κ2) is 9.40. The van der Waals surface area contributed by atoms with Gasteiger partial charge in [0.2, 0.25) is 5.78 Å². The smallest absolute Gasteiger partial charge is 0.343 e. The van der Waals surface area contributed by atoms with Crippen molar-refractivity contribution in [3.63, 3.8) is 0 Å². The van der Waals surface area contributed by atoms with Crippen LogP contribution in [0.1, 0.15) is 52.6 Å². The van der Waals surface area contributed by atoms with Gasteiger partial charge >= 0.3 is 5.97 Å². The highest BCUT2D eigenvalue weighted by molar-refractivity contribution is 6.12. The van der Waals surface area contributed by atoms with E-state index in [0.29, 0.717) is 22.6 Å². The van der Waals surface area contributed by atoms with Gasteiger partial charge in [-0.25, -0.2) is 4.79 Å². The van der Waals surface area contributed by atoms with Crippen molar-refractivity contribution in [2.24, 2.45) is 0 Å². The number of ether oxygens (including phenoxy) is 3. The highest BCUT2D eigenvalue weighted by Crippen LogP contribution is 2.34. The molecule has 0 radical (unpaired) electrons. The van der Waals surface area contributed by atoms with Gasteiger partial charge in [-0.15, -0.1) is 0 Å². The summed E-state index contributed by atoms with van der Waals surface area (Å²) in [5.74, 6) is 0.897. The molecule has 0 N–H and O–H groups in total. The first kappa shape index (κ1) is 23.1. The van der Waals surface area contributed by atoms with Crippen LogP contribution < -0.4 is 14.2 Å². The molecule has 1 aliphatic heterocycles. The maximum absolute atomic E-state index is 12.7. The molecule has 0 saturated carbocycles. The van der Waals surface area contributed by atoms with Crippen molar-refractivity contribution in [2.45, 2.75) is 26.2 Å². The fraction of sp³-hybridized carbons (Fsp3) is 0.172. The zero-order valence-electron chi connectivity index (χ0n) is 19.6. The number of hydrogen-bond donors (Lipinski definition) is 0. The molecule has 172 valence electrons. The van der Waals surface area contributed by atoms with Gasteiger partial charge in [-0.1, -0.05) is 63.3 Å². The van der Waals surface area contributed by atoms with Crippen LogP contribution in [-0.4, -0.2) is 18.9 Å². The Morgan fingerprint density at radius 2 is 1.71 bits per heavy atom. The number of hydrogen-bond acceptors (Lipinski definition) is 5. The van der Waals surface area contributed by atoms with Gasteiger partial charge in [-0.2, -0.15) is 0 Å². The van der Waals surface area contributed by atoms with Crippen molar-refractivity contribution in [1.29, 1.82) is 0 Å². The van der Waals surface area contributed by atoms with Crippen LogP contribution in [-0.2, 0) is 5.41 Å². The number of benzene rings is 3. The lowest BCUT2D eigenvalue weighted by atomic mass is 9.87. The maximum Gasteiger partial charge on any atom is 0.343 e. The van der Waals surface area contributed by atoms with E-state index >= 15 is 0 Å². The average Bonchev–Trinajstić information content (AvgIpc) is 3.13. The number of Topliss-reactive ketones (excluding diaryl/α,β-unsaturated/α-hetero) is 1. The molecule has 0 saturated heterocycles. The van der Waals surface area contributed by atoms with E-state index in [1.807, 2.05) is 42.5 Å². The number of esters is 1. The Labute approximate surface area is 199 Å². The fourth-order valence-electron chi connectivity index (χ4n) is 3.56. The van der Waals surface area contributed by atoms with E-state index in [4.69, 9.17) is 14.2 Å². The van der Waals surface area contributed by atoms with E-state index in [1.165, 1.54) is 0 Å². The van der Waals surface area contributed by atoms with Gasteiger partial charge < -0.3 is 14.2 Å². The molecule has 1 aliphatic rings. The zero-order valence-corrected chi connectivity index (χ0v) is 19.6. The number of fused-ring (bicyclic) bond motifs is 1. The number of methoxy groups -OCH3 is 1. The molecule has 0 fully saturated rings. The summed E-state index contributed by atoms with van der Waals surface area (Å²) < 4.78 is 16.6. The van der Waals surface area contributed by atoms with Gasteiger partial charge in [-0.05, 0) is 47.4 Å². The highest BCUT2D eigenvalue weighted by atomic mass is 16.5. The minimum Gasteiger partial charge on any atom is -0.496 e. The van der Waals surface area contributed by atoms with Crippen LogP contribution in [0.3, 0.4) is 0 Å². The van der Waals surface area contributed by atoms with Crippen LogP contribution in [0.25, 0.3) is 6.08 Å². The van der Waals surface area contributed by atoms with Crippen LogP contribution in [0.4, 0.5) is 0 Å². The summed E-state index contributed by atoms with van der Waals surface area (Å²) in [6.45, 7) is 6.34. The Balaban J connectivity index is 1.46. The quantitative estimate of drug-likeness (QED) is 0.254. The molecule has 0 unspecified atom stereocenters. The van der Waals surface area contributed by atoms with Gasteiger partial charge in [0.25, 0.3) is 0 Å². The minimum absolute atomic E-state index is 0.000126. The number of ketones is 1. The minimum atomic E-state index is -0.472. The Morgan fingerprint density at radius 3 is 2.41 bits per heavy atom. The Morgan fingerprint density at radius 1 is 0.971 bits per heavy atom. The highest BCUT2D eigenvalue weighted by Gasteiger charge is 2.27. The molecule has 0 atom stereocenters. The molecule has 0 aliphatic carbocycles. The molecule has 1 heterocycles. The predicted molar refractivity (Wildman–Crippen MR) is 132 cm³/mol. The molecule has 0 bridgehead atoms. The van der Waals surface area contributed by atoms with Gasteiger partial charge in [0.1, 0.15) is 17.2 Å². The SMILES string of the molecule is COc1ccccc1/C=C/C=C1\Oc2cc(OC(=O)c3ccc(C(C)(C)C)cc3)ccc2C1=O. The second-order valence-electron chi connectivity index (χ2n) is 8.94. The van der Waals surface area contributed by atoms with E-state index in [0.717, 1.165) is 16.9 Å².